The van der Waals surface area contributed by atoms with E-state index in [0.717, 1.165) is 24.8 Å². The molecule has 0 unspecified atom stereocenters. The monoisotopic (exact) mass is 283 g/mol. The van der Waals surface area contributed by atoms with Crippen molar-refractivity contribution in [2.24, 2.45) is 0 Å². The van der Waals surface area contributed by atoms with Gasteiger partial charge in [-0.25, -0.2) is 4.39 Å². The summed E-state index contributed by atoms with van der Waals surface area (Å²) >= 11 is 0. The maximum Gasteiger partial charge on any atom is 0.126 e. The Labute approximate surface area is 126 Å². The molecule has 0 amide bonds. The Morgan fingerprint density at radius 2 is 1.76 bits per heavy atom. The van der Waals surface area contributed by atoms with Crippen LogP contribution in [0.15, 0.2) is 48.5 Å². The highest BCUT2D eigenvalue weighted by Crippen LogP contribution is 2.39. The molecule has 2 aromatic carbocycles. The Bertz CT molecular complexity index is 585. The lowest BCUT2D eigenvalue weighted by Crippen LogP contribution is -2.34. The van der Waals surface area contributed by atoms with Gasteiger partial charge in [-0.3, -0.25) is 0 Å². The molecule has 1 N–H and O–H groups in total. The summed E-state index contributed by atoms with van der Waals surface area (Å²) in [7, 11) is 0. The number of anilines is 1. The van der Waals surface area contributed by atoms with Crippen LogP contribution in [-0.4, -0.2) is 6.04 Å². The second-order valence-electron chi connectivity index (χ2n) is 5.98. The van der Waals surface area contributed by atoms with Crippen molar-refractivity contribution in [1.29, 1.82) is 0 Å². The first-order valence-electron chi connectivity index (χ1n) is 7.86. The van der Waals surface area contributed by atoms with Crippen LogP contribution < -0.4 is 5.32 Å². The average molecular weight is 283 g/mol. The summed E-state index contributed by atoms with van der Waals surface area (Å²) in [6, 6.07) is 16.3. The van der Waals surface area contributed by atoms with Gasteiger partial charge in [-0.2, -0.15) is 0 Å². The molecule has 0 aliphatic heterocycles. The lowest BCUT2D eigenvalue weighted by atomic mass is 9.75. The number of rotatable bonds is 5. The molecule has 3 rings (SSSR count). The molecule has 0 saturated heterocycles. The molecule has 0 atom stereocenters. The van der Waals surface area contributed by atoms with Gasteiger partial charge in [-0.1, -0.05) is 43.7 Å². The van der Waals surface area contributed by atoms with Crippen molar-refractivity contribution in [2.75, 3.05) is 5.32 Å². The number of halogens is 1. The number of hydrogen-bond acceptors (Lipinski definition) is 1. The van der Waals surface area contributed by atoms with Crippen LogP contribution in [0, 0.1) is 5.82 Å². The standard InChI is InChI=1S/C19H22FN/c1-2-5-14-8-10-16(11-9-14)21-17-12-15(13-17)18-6-3-4-7-19(18)20/h3-4,6-11,15,17,21H,2,5,12-13H2,1H3. The van der Waals surface area contributed by atoms with E-state index in [1.165, 1.54) is 17.7 Å². The summed E-state index contributed by atoms with van der Waals surface area (Å²) in [6.07, 6.45) is 4.34. The lowest BCUT2D eigenvalue weighted by Gasteiger charge is -2.37. The van der Waals surface area contributed by atoms with Crippen LogP contribution in [0.4, 0.5) is 10.1 Å². The maximum absolute atomic E-state index is 13.7. The van der Waals surface area contributed by atoms with Gasteiger partial charge < -0.3 is 5.32 Å². The second-order valence-corrected chi connectivity index (χ2v) is 5.98. The van der Waals surface area contributed by atoms with Crippen molar-refractivity contribution >= 4 is 5.69 Å². The van der Waals surface area contributed by atoms with Crippen molar-refractivity contribution in [3.63, 3.8) is 0 Å². The fourth-order valence-corrected chi connectivity index (χ4v) is 3.09. The molecule has 1 aliphatic carbocycles. The smallest absolute Gasteiger partial charge is 0.126 e. The third kappa shape index (κ3) is 3.26. The minimum atomic E-state index is -0.0649. The van der Waals surface area contributed by atoms with Crippen LogP contribution in [0.5, 0.6) is 0 Å². The maximum atomic E-state index is 13.7. The molecule has 0 radical (unpaired) electrons. The molecule has 2 aromatic rings. The summed E-state index contributed by atoms with van der Waals surface area (Å²) in [4.78, 5) is 0. The number of aryl methyl sites for hydroxylation is 1. The van der Waals surface area contributed by atoms with E-state index in [4.69, 9.17) is 0 Å². The molecule has 0 spiro atoms. The second kappa shape index (κ2) is 6.30. The number of nitrogens with one attached hydrogen (secondary N) is 1. The van der Waals surface area contributed by atoms with E-state index in [9.17, 15) is 4.39 Å². The molecular formula is C19H22FN. The van der Waals surface area contributed by atoms with E-state index < -0.39 is 0 Å². The first-order chi connectivity index (χ1) is 10.3. The van der Waals surface area contributed by atoms with Gasteiger partial charge in [0.2, 0.25) is 0 Å². The fourth-order valence-electron chi connectivity index (χ4n) is 3.09. The quantitative estimate of drug-likeness (QED) is 0.801. The van der Waals surface area contributed by atoms with Gasteiger partial charge in [-0.15, -0.1) is 0 Å². The third-order valence-corrected chi connectivity index (χ3v) is 4.35. The lowest BCUT2D eigenvalue weighted by molar-refractivity contribution is 0.363. The largest absolute Gasteiger partial charge is 0.382 e. The number of hydrogen-bond donors (Lipinski definition) is 1. The van der Waals surface area contributed by atoms with Gasteiger partial charge in [0.15, 0.2) is 0 Å². The van der Waals surface area contributed by atoms with E-state index >= 15 is 0 Å². The summed E-state index contributed by atoms with van der Waals surface area (Å²) in [5, 5.41) is 3.54. The van der Waals surface area contributed by atoms with Crippen LogP contribution in [0.2, 0.25) is 0 Å². The summed E-state index contributed by atoms with van der Waals surface area (Å²) in [6.45, 7) is 2.20. The van der Waals surface area contributed by atoms with Crippen molar-refractivity contribution in [1.82, 2.24) is 0 Å². The Balaban J connectivity index is 1.54. The van der Waals surface area contributed by atoms with Crippen LogP contribution in [0.25, 0.3) is 0 Å². The third-order valence-electron chi connectivity index (χ3n) is 4.35. The highest BCUT2D eigenvalue weighted by Gasteiger charge is 2.31. The summed E-state index contributed by atoms with van der Waals surface area (Å²) < 4.78 is 13.7. The van der Waals surface area contributed by atoms with Gasteiger partial charge >= 0.3 is 0 Å². The first kappa shape index (κ1) is 14.1. The minimum Gasteiger partial charge on any atom is -0.382 e. The molecule has 0 bridgehead atoms. The van der Waals surface area contributed by atoms with Crippen LogP contribution in [-0.2, 0) is 6.42 Å². The predicted octanol–water partition coefficient (Wildman–Crippen LogP) is 5.14. The fraction of sp³-hybridized carbons (Fsp3) is 0.368. The zero-order valence-corrected chi connectivity index (χ0v) is 12.5. The van der Waals surface area contributed by atoms with E-state index in [2.05, 4.69) is 36.5 Å². The van der Waals surface area contributed by atoms with Gasteiger partial charge in [0.25, 0.3) is 0 Å². The molecule has 21 heavy (non-hydrogen) atoms. The van der Waals surface area contributed by atoms with Crippen LogP contribution in [0.3, 0.4) is 0 Å². The van der Waals surface area contributed by atoms with Gasteiger partial charge in [-0.05, 0) is 54.5 Å². The minimum absolute atomic E-state index is 0.0649. The first-order valence-corrected chi connectivity index (χ1v) is 7.86. The van der Waals surface area contributed by atoms with E-state index in [1.54, 1.807) is 12.1 Å². The molecule has 110 valence electrons. The van der Waals surface area contributed by atoms with E-state index in [-0.39, 0.29) is 5.82 Å². The topological polar surface area (TPSA) is 12.0 Å². The van der Waals surface area contributed by atoms with Gasteiger partial charge in [0.05, 0.1) is 0 Å². The zero-order valence-electron chi connectivity index (χ0n) is 12.5. The molecule has 1 fully saturated rings. The van der Waals surface area contributed by atoms with Crippen molar-refractivity contribution in [3.05, 3.63) is 65.5 Å². The van der Waals surface area contributed by atoms with Crippen molar-refractivity contribution < 1.29 is 4.39 Å². The van der Waals surface area contributed by atoms with Gasteiger partial charge in [0.1, 0.15) is 5.82 Å². The Hall–Kier alpha value is -1.83. The molecule has 1 nitrogen and oxygen atoms in total. The van der Waals surface area contributed by atoms with Crippen LogP contribution in [0.1, 0.15) is 43.2 Å². The normalized spacial score (nSPS) is 20.9. The predicted molar refractivity (Wildman–Crippen MR) is 86.2 cm³/mol. The molecule has 0 heterocycles. The average Bonchev–Trinajstić information content (AvgIpc) is 2.46. The van der Waals surface area contributed by atoms with Crippen LogP contribution >= 0.6 is 0 Å². The van der Waals surface area contributed by atoms with Crippen molar-refractivity contribution in [3.8, 4) is 0 Å². The van der Waals surface area contributed by atoms with E-state index in [0.29, 0.717) is 12.0 Å². The summed E-state index contributed by atoms with van der Waals surface area (Å²) in [5.41, 5.74) is 3.43. The molecular weight excluding hydrogens is 261 g/mol. The molecule has 1 aliphatic rings. The zero-order chi connectivity index (χ0) is 14.7. The molecule has 0 aromatic heterocycles. The summed E-state index contributed by atoms with van der Waals surface area (Å²) in [5.74, 6) is 0.299. The highest BCUT2D eigenvalue weighted by molar-refractivity contribution is 5.46. The van der Waals surface area contributed by atoms with Crippen molar-refractivity contribution in [2.45, 2.75) is 44.6 Å². The van der Waals surface area contributed by atoms with Gasteiger partial charge in [0, 0.05) is 11.7 Å². The number of benzene rings is 2. The highest BCUT2D eigenvalue weighted by atomic mass is 19.1. The Morgan fingerprint density at radius 1 is 1.05 bits per heavy atom. The Morgan fingerprint density at radius 3 is 2.43 bits per heavy atom. The SMILES string of the molecule is CCCc1ccc(NC2CC(c3ccccc3F)C2)cc1. The van der Waals surface area contributed by atoms with E-state index in [1.807, 2.05) is 12.1 Å². The molecule has 2 heteroatoms. The molecule has 1 saturated carbocycles. The Kier molecular flexibility index (Phi) is 4.23.